The van der Waals surface area contributed by atoms with Crippen LogP contribution in [-0.4, -0.2) is 12.6 Å². The minimum absolute atomic E-state index is 0.310. The number of alkyl halides is 1. The number of hydrogen-bond donors (Lipinski definition) is 0. The predicted molar refractivity (Wildman–Crippen MR) is 72.0 cm³/mol. The second-order valence-electron chi connectivity index (χ2n) is 3.98. The van der Waals surface area contributed by atoms with Gasteiger partial charge in [0.1, 0.15) is 6.61 Å². The number of benzene rings is 2. The van der Waals surface area contributed by atoms with Crippen LogP contribution in [0.15, 0.2) is 54.6 Å². The third-order valence-corrected chi connectivity index (χ3v) is 2.85. The average Bonchev–Trinajstić information content (AvgIpc) is 2.46. The smallest absolute Gasteiger partial charge is 0.338 e. The van der Waals surface area contributed by atoms with Gasteiger partial charge in [0.2, 0.25) is 0 Å². The molecule has 0 heterocycles. The molecule has 0 fully saturated rings. The van der Waals surface area contributed by atoms with Crippen molar-refractivity contribution in [1.29, 1.82) is 0 Å². The van der Waals surface area contributed by atoms with Crippen molar-refractivity contribution in [2.24, 2.45) is 0 Å². The lowest BCUT2D eigenvalue weighted by Crippen LogP contribution is -2.10. The van der Waals surface area contributed by atoms with Crippen molar-refractivity contribution in [1.82, 2.24) is 0 Å². The lowest BCUT2D eigenvalue weighted by atomic mass is 10.1. The van der Waals surface area contributed by atoms with Gasteiger partial charge in [-0.3, -0.25) is 0 Å². The molecule has 0 aliphatic heterocycles. The third kappa shape index (κ3) is 3.80. The Labute approximate surface area is 115 Å². The number of halogens is 2. The summed E-state index contributed by atoms with van der Waals surface area (Å²) in [4.78, 5) is 11.6. The Hall–Kier alpha value is -1.87. The number of hydrogen-bond acceptors (Lipinski definition) is 2. The fraction of sp³-hybridized carbons (Fsp3) is 0.133. The Balaban J connectivity index is 1.92. The van der Waals surface area contributed by atoms with Crippen LogP contribution in [0.2, 0.25) is 5.02 Å². The zero-order chi connectivity index (χ0) is 13.7. The van der Waals surface area contributed by atoms with Crippen LogP contribution in [0, 0.1) is 0 Å². The lowest BCUT2D eigenvalue weighted by molar-refractivity contribution is 0.0398. The summed E-state index contributed by atoms with van der Waals surface area (Å²) in [5.74, 6) is -0.530. The lowest BCUT2D eigenvalue weighted by Gasteiger charge is -2.09. The minimum Gasteiger partial charge on any atom is -0.459 e. The summed E-state index contributed by atoms with van der Waals surface area (Å²) < 4.78 is 18.8. The molecule has 0 saturated heterocycles. The van der Waals surface area contributed by atoms with Gasteiger partial charge in [-0.25, -0.2) is 9.18 Å². The maximum absolute atomic E-state index is 13.8. The molecule has 0 amide bonds. The summed E-state index contributed by atoms with van der Waals surface area (Å²) in [5, 5.41) is 0.539. The van der Waals surface area contributed by atoms with Gasteiger partial charge in [-0.1, -0.05) is 41.9 Å². The van der Waals surface area contributed by atoms with E-state index in [1.807, 2.05) is 0 Å². The van der Waals surface area contributed by atoms with Gasteiger partial charge in [-0.05, 0) is 29.8 Å². The molecule has 0 aliphatic rings. The summed E-state index contributed by atoms with van der Waals surface area (Å²) in [6.45, 7) is -0.310. The number of rotatable bonds is 4. The zero-order valence-electron chi connectivity index (χ0n) is 10.1. The first-order valence-electron chi connectivity index (χ1n) is 5.78. The van der Waals surface area contributed by atoms with Gasteiger partial charge in [-0.2, -0.15) is 0 Å². The maximum Gasteiger partial charge on any atom is 0.338 e. The number of carbonyl (C=O) groups excluding carboxylic acids is 1. The molecule has 4 heteroatoms. The summed E-state index contributed by atoms with van der Waals surface area (Å²) >= 11 is 5.72. The Bertz CT molecular complexity index is 540. The predicted octanol–water partition coefficient (Wildman–Crippen LogP) is 4.21. The van der Waals surface area contributed by atoms with E-state index in [2.05, 4.69) is 0 Å². The highest BCUT2D eigenvalue weighted by Gasteiger charge is 2.13. The molecular formula is C15H12ClFO2. The Kier molecular flexibility index (Phi) is 4.53. The van der Waals surface area contributed by atoms with E-state index in [9.17, 15) is 9.18 Å². The first-order valence-corrected chi connectivity index (χ1v) is 6.16. The van der Waals surface area contributed by atoms with Crippen LogP contribution >= 0.6 is 11.6 Å². The summed E-state index contributed by atoms with van der Waals surface area (Å²) in [6, 6.07) is 14.8. The Morgan fingerprint density at radius 2 is 1.74 bits per heavy atom. The Morgan fingerprint density at radius 1 is 1.11 bits per heavy atom. The largest absolute Gasteiger partial charge is 0.459 e. The van der Waals surface area contributed by atoms with Crippen LogP contribution in [0.4, 0.5) is 4.39 Å². The molecule has 19 heavy (non-hydrogen) atoms. The number of ether oxygens (including phenoxy) is 1. The zero-order valence-corrected chi connectivity index (χ0v) is 10.8. The molecule has 0 spiro atoms. The van der Waals surface area contributed by atoms with Crippen LogP contribution in [-0.2, 0) is 4.74 Å². The van der Waals surface area contributed by atoms with E-state index in [-0.39, 0.29) is 6.61 Å². The molecule has 1 atom stereocenters. The van der Waals surface area contributed by atoms with Gasteiger partial charge in [0.05, 0.1) is 5.56 Å². The van der Waals surface area contributed by atoms with E-state index in [0.29, 0.717) is 16.1 Å². The van der Waals surface area contributed by atoms with Gasteiger partial charge in [0, 0.05) is 5.02 Å². The fourth-order valence-electron chi connectivity index (χ4n) is 1.57. The molecule has 2 nitrogen and oxygen atoms in total. The van der Waals surface area contributed by atoms with E-state index >= 15 is 0 Å². The molecule has 2 aromatic carbocycles. The second-order valence-corrected chi connectivity index (χ2v) is 4.42. The molecule has 0 aromatic heterocycles. The van der Waals surface area contributed by atoms with Crippen molar-refractivity contribution in [2.75, 3.05) is 6.61 Å². The molecule has 0 N–H and O–H groups in total. The quantitative estimate of drug-likeness (QED) is 0.783. The van der Waals surface area contributed by atoms with Gasteiger partial charge in [-0.15, -0.1) is 0 Å². The first-order chi connectivity index (χ1) is 9.16. The van der Waals surface area contributed by atoms with Crippen LogP contribution in [0.5, 0.6) is 0 Å². The normalized spacial score (nSPS) is 11.9. The van der Waals surface area contributed by atoms with Crippen molar-refractivity contribution in [3.05, 3.63) is 70.7 Å². The molecule has 98 valence electrons. The highest BCUT2D eigenvalue weighted by molar-refractivity contribution is 6.30. The molecule has 0 saturated carbocycles. The van der Waals surface area contributed by atoms with Crippen LogP contribution in [0.1, 0.15) is 22.1 Å². The maximum atomic E-state index is 13.8. The SMILES string of the molecule is O=C(OCC(F)c1ccc(Cl)cc1)c1ccccc1. The minimum atomic E-state index is -1.36. The first kappa shape index (κ1) is 13.6. The molecule has 0 radical (unpaired) electrons. The van der Waals surface area contributed by atoms with Crippen molar-refractivity contribution in [2.45, 2.75) is 6.17 Å². The van der Waals surface area contributed by atoms with E-state index in [4.69, 9.17) is 16.3 Å². The average molecular weight is 279 g/mol. The van der Waals surface area contributed by atoms with Crippen LogP contribution < -0.4 is 0 Å². The standard InChI is InChI=1S/C15H12ClFO2/c16-13-8-6-11(7-9-13)14(17)10-19-15(18)12-4-2-1-3-5-12/h1-9,14H,10H2. The van der Waals surface area contributed by atoms with E-state index < -0.39 is 12.1 Å². The molecular weight excluding hydrogens is 267 g/mol. The summed E-state index contributed by atoms with van der Waals surface area (Å²) in [5.41, 5.74) is 0.844. The monoisotopic (exact) mass is 278 g/mol. The summed E-state index contributed by atoms with van der Waals surface area (Å²) in [6.07, 6.45) is -1.36. The van der Waals surface area contributed by atoms with Crippen LogP contribution in [0.3, 0.4) is 0 Å². The highest BCUT2D eigenvalue weighted by Crippen LogP contribution is 2.20. The summed E-state index contributed by atoms with van der Waals surface area (Å²) in [7, 11) is 0. The molecule has 1 unspecified atom stereocenters. The van der Waals surface area contributed by atoms with Crippen molar-refractivity contribution >= 4 is 17.6 Å². The van der Waals surface area contributed by atoms with E-state index in [0.717, 1.165) is 0 Å². The van der Waals surface area contributed by atoms with Crippen LogP contribution in [0.25, 0.3) is 0 Å². The van der Waals surface area contributed by atoms with E-state index in [1.165, 1.54) is 0 Å². The van der Waals surface area contributed by atoms with Crippen molar-refractivity contribution < 1.29 is 13.9 Å². The molecule has 0 bridgehead atoms. The Morgan fingerprint density at radius 3 is 2.37 bits per heavy atom. The van der Waals surface area contributed by atoms with Crippen molar-refractivity contribution in [3.63, 3.8) is 0 Å². The third-order valence-electron chi connectivity index (χ3n) is 2.60. The molecule has 2 aromatic rings. The van der Waals surface area contributed by atoms with Gasteiger partial charge in [0.25, 0.3) is 0 Å². The van der Waals surface area contributed by atoms with Gasteiger partial charge in [0.15, 0.2) is 6.17 Å². The highest BCUT2D eigenvalue weighted by atomic mass is 35.5. The molecule has 0 aliphatic carbocycles. The number of carbonyl (C=O) groups is 1. The topological polar surface area (TPSA) is 26.3 Å². The van der Waals surface area contributed by atoms with E-state index in [1.54, 1.807) is 54.6 Å². The van der Waals surface area contributed by atoms with Crippen molar-refractivity contribution in [3.8, 4) is 0 Å². The van der Waals surface area contributed by atoms with Gasteiger partial charge < -0.3 is 4.74 Å². The fourth-order valence-corrected chi connectivity index (χ4v) is 1.70. The number of esters is 1. The second kappa shape index (κ2) is 6.34. The molecule has 2 rings (SSSR count). The van der Waals surface area contributed by atoms with Gasteiger partial charge >= 0.3 is 5.97 Å².